The molecule has 0 atom stereocenters. The lowest BCUT2D eigenvalue weighted by molar-refractivity contribution is 0.0600. The van der Waals surface area contributed by atoms with Crippen LogP contribution in [-0.4, -0.2) is 50.3 Å². The number of nitrogens with one attached hydrogen (secondary N) is 1. The SMILES string of the molecule is CC.COC(=O)c1cc(NC(=O)c2cc(OC)c(OC)c(OC)c2)cc(-c2nc3ccncc3s2)c1. The molecule has 0 radical (unpaired) electrons. The molecule has 0 fully saturated rings. The Hall–Kier alpha value is -4.18. The van der Waals surface area contributed by atoms with Crippen molar-refractivity contribution in [2.24, 2.45) is 0 Å². The molecule has 36 heavy (non-hydrogen) atoms. The summed E-state index contributed by atoms with van der Waals surface area (Å²) in [7, 11) is 5.72. The summed E-state index contributed by atoms with van der Waals surface area (Å²) in [5.41, 5.74) is 2.41. The zero-order valence-corrected chi connectivity index (χ0v) is 21.7. The van der Waals surface area contributed by atoms with Crippen LogP contribution in [0.4, 0.5) is 5.69 Å². The van der Waals surface area contributed by atoms with Gasteiger partial charge in [-0.1, -0.05) is 13.8 Å². The summed E-state index contributed by atoms with van der Waals surface area (Å²) in [6, 6.07) is 9.86. The Bertz CT molecular complexity index is 1330. The number of aromatic nitrogens is 2. The van der Waals surface area contributed by atoms with Gasteiger partial charge in [0.1, 0.15) is 5.01 Å². The number of esters is 1. The van der Waals surface area contributed by atoms with E-state index in [0.29, 0.717) is 33.5 Å². The van der Waals surface area contributed by atoms with Gasteiger partial charge in [0.25, 0.3) is 5.91 Å². The number of amides is 1. The van der Waals surface area contributed by atoms with Crippen molar-refractivity contribution < 1.29 is 28.5 Å². The maximum atomic E-state index is 13.1. The smallest absolute Gasteiger partial charge is 0.337 e. The van der Waals surface area contributed by atoms with E-state index < -0.39 is 11.9 Å². The first-order chi connectivity index (χ1) is 17.5. The fourth-order valence-corrected chi connectivity index (χ4v) is 4.30. The highest BCUT2D eigenvalue weighted by molar-refractivity contribution is 7.21. The molecule has 0 bridgehead atoms. The van der Waals surface area contributed by atoms with Crippen molar-refractivity contribution in [2.75, 3.05) is 33.8 Å². The number of hydrogen-bond acceptors (Lipinski definition) is 9. The van der Waals surface area contributed by atoms with Gasteiger partial charge in [0.2, 0.25) is 5.75 Å². The van der Waals surface area contributed by atoms with Gasteiger partial charge in [0.05, 0.1) is 44.2 Å². The lowest BCUT2D eigenvalue weighted by Crippen LogP contribution is -2.13. The van der Waals surface area contributed by atoms with Crippen LogP contribution in [-0.2, 0) is 4.74 Å². The Balaban J connectivity index is 0.00000176. The largest absolute Gasteiger partial charge is 0.493 e. The first-order valence-electron chi connectivity index (χ1n) is 11.0. The minimum Gasteiger partial charge on any atom is -0.493 e. The average Bonchev–Trinajstić information content (AvgIpc) is 3.37. The van der Waals surface area contributed by atoms with Crippen LogP contribution in [0.5, 0.6) is 17.2 Å². The van der Waals surface area contributed by atoms with E-state index in [-0.39, 0.29) is 11.1 Å². The average molecular weight is 510 g/mol. The molecule has 0 aliphatic heterocycles. The Morgan fingerprint density at radius 2 is 1.58 bits per heavy atom. The number of pyridine rings is 1. The van der Waals surface area contributed by atoms with Crippen molar-refractivity contribution in [3.63, 3.8) is 0 Å². The molecule has 0 spiro atoms. The number of rotatable bonds is 7. The molecule has 0 aliphatic carbocycles. The van der Waals surface area contributed by atoms with E-state index in [1.165, 1.54) is 39.8 Å². The summed E-state index contributed by atoms with van der Waals surface area (Å²) in [6.45, 7) is 4.00. The zero-order valence-electron chi connectivity index (χ0n) is 20.9. The minimum atomic E-state index is -0.534. The second kappa shape index (κ2) is 12.0. The molecule has 9 nitrogen and oxygen atoms in total. The minimum absolute atomic E-state index is 0.276. The summed E-state index contributed by atoms with van der Waals surface area (Å²) >= 11 is 1.43. The van der Waals surface area contributed by atoms with E-state index in [9.17, 15) is 9.59 Å². The van der Waals surface area contributed by atoms with Crippen LogP contribution in [0.3, 0.4) is 0 Å². The number of thiazole rings is 1. The maximum Gasteiger partial charge on any atom is 0.337 e. The van der Waals surface area contributed by atoms with Crippen molar-refractivity contribution in [2.45, 2.75) is 13.8 Å². The first kappa shape index (κ1) is 26.4. The molecule has 1 N–H and O–H groups in total. The highest BCUT2D eigenvalue weighted by Gasteiger charge is 2.19. The molecule has 0 saturated heterocycles. The van der Waals surface area contributed by atoms with Gasteiger partial charge in [-0.15, -0.1) is 11.3 Å². The van der Waals surface area contributed by atoms with Crippen LogP contribution in [0, 0.1) is 0 Å². The second-order valence-corrected chi connectivity index (χ2v) is 8.05. The van der Waals surface area contributed by atoms with Crippen molar-refractivity contribution in [1.82, 2.24) is 9.97 Å². The zero-order chi connectivity index (χ0) is 26.2. The Morgan fingerprint density at radius 3 is 2.17 bits per heavy atom. The van der Waals surface area contributed by atoms with Gasteiger partial charge in [-0.25, -0.2) is 9.78 Å². The van der Waals surface area contributed by atoms with Crippen molar-refractivity contribution >= 4 is 39.1 Å². The Morgan fingerprint density at radius 1 is 0.889 bits per heavy atom. The third-order valence-corrected chi connectivity index (χ3v) is 6.03. The van der Waals surface area contributed by atoms with E-state index in [4.69, 9.17) is 18.9 Å². The molecule has 2 aromatic carbocycles. The van der Waals surface area contributed by atoms with E-state index in [1.54, 1.807) is 42.7 Å². The molecule has 2 heterocycles. The van der Waals surface area contributed by atoms with Crippen molar-refractivity contribution in [3.05, 3.63) is 59.9 Å². The number of carbonyl (C=O) groups excluding carboxylic acids is 2. The lowest BCUT2D eigenvalue weighted by Gasteiger charge is -2.14. The second-order valence-electron chi connectivity index (χ2n) is 7.02. The van der Waals surface area contributed by atoms with Gasteiger partial charge in [-0.2, -0.15) is 0 Å². The Kier molecular flexibility index (Phi) is 8.80. The van der Waals surface area contributed by atoms with Gasteiger partial charge in [-0.3, -0.25) is 9.78 Å². The van der Waals surface area contributed by atoms with Gasteiger partial charge >= 0.3 is 5.97 Å². The first-order valence-corrected chi connectivity index (χ1v) is 11.8. The van der Waals surface area contributed by atoms with Crippen LogP contribution in [0.15, 0.2) is 48.8 Å². The number of methoxy groups -OCH3 is 4. The number of ether oxygens (including phenoxy) is 4. The summed E-state index contributed by atoms with van der Waals surface area (Å²) in [4.78, 5) is 34.1. The van der Waals surface area contributed by atoms with Crippen LogP contribution in [0.2, 0.25) is 0 Å². The summed E-state index contributed by atoms with van der Waals surface area (Å²) < 4.78 is 21.8. The normalized spacial score (nSPS) is 10.2. The summed E-state index contributed by atoms with van der Waals surface area (Å²) in [5.74, 6) is 0.105. The fourth-order valence-electron chi connectivity index (χ4n) is 3.38. The number of fused-ring (bicyclic) bond motifs is 1. The van der Waals surface area contributed by atoms with Gasteiger partial charge in [-0.05, 0) is 36.4 Å². The summed E-state index contributed by atoms with van der Waals surface area (Å²) in [6.07, 6.45) is 3.40. The molecular formula is C26H27N3O6S. The quantitative estimate of drug-likeness (QED) is 0.328. The molecule has 2 aromatic heterocycles. The molecule has 4 aromatic rings. The van der Waals surface area contributed by atoms with Crippen molar-refractivity contribution in [1.29, 1.82) is 0 Å². The fraction of sp³-hybridized carbons (Fsp3) is 0.231. The molecule has 188 valence electrons. The number of anilines is 1. The molecule has 4 rings (SSSR count). The van der Waals surface area contributed by atoms with Gasteiger partial charge in [0, 0.05) is 29.2 Å². The third-order valence-electron chi connectivity index (χ3n) is 4.98. The van der Waals surface area contributed by atoms with Crippen LogP contribution in [0.25, 0.3) is 20.8 Å². The van der Waals surface area contributed by atoms with E-state index >= 15 is 0 Å². The predicted octanol–water partition coefficient (Wildman–Crippen LogP) is 5.45. The topological polar surface area (TPSA) is 109 Å². The van der Waals surface area contributed by atoms with E-state index in [0.717, 1.165) is 10.2 Å². The van der Waals surface area contributed by atoms with Crippen LogP contribution in [0.1, 0.15) is 34.6 Å². The molecule has 0 unspecified atom stereocenters. The highest BCUT2D eigenvalue weighted by atomic mass is 32.1. The summed E-state index contributed by atoms with van der Waals surface area (Å²) in [5, 5.41) is 3.51. The standard InChI is InChI=1S/C24H21N3O6S.C2H6/c1-30-18-10-13(11-19(31-2)21(18)32-3)22(28)26-16-8-14(7-15(9-16)24(29)33-4)23-27-17-5-6-25-12-20(17)34-23;1-2/h5-12H,1-4H3,(H,26,28);1-2H3. The number of hydrogen-bond donors (Lipinski definition) is 1. The third kappa shape index (κ3) is 5.55. The molecule has 10 heteroatoms. The highest BCUT2D eigenvalue weighted by Crippen LogP contribution is 2.38. The molecule has 1 amide bonds. The van der Waals surface area contributed by atoms with Crippen LogP contribution >= 0.6 is 11.3 Å². The van der Waals surface area contributed by atoms with Gasteiger partial charge < -0.3 is 24.3 Å². The van der Waals surface area contributed by atoms with Crippen LogP contribution < -0.4 is 19.5 Å². The molecule has 0 saturated carbocycles. The molecular weight excluding hydrogens is 482 g/mol. The number of carbonyl (C=O) groups is 2. The Labute approximate surface area is 213 Å². The van der Waals surface area contributed by atoms with E-state index in [2.05, 4.69) is 15.3 Å². The van der Waals surface area contributed by atoms with Crippen molar-refractivity contribution in [3.8, 4) is 27.8 Å². The predicted molar refractivity (Wildman–Crippen MR) is 140 cm³/mol. The number of benzene rings is 2. The van der Waals surface area contributed by atoms with E-state index in [1.807, 2.05) is 19.9 Å². The molecule has 0 aliphatic rings. The van der Waals surface area contributed by atoms with Gasteiger partial charge in [0.15, 0.2) is 11.5 Å². The maximum absolute atomic E-state index is 13.1. The lowest BCUT2D eigenvalue weighted by atomic mass is 10.1. The monoisotopic (exact) mass is 509 g/mol. The number of nitrogens with zero attached hydrogens (tertiary/aromatic N) is 2.